The Morgan fingerprint density at radius 1 is 0.851 bits per heavy atom. The molecular formula is C51H69N5O11. The van der Waals surface area contributed by atoms with Gasteiger partial charge in [-0.05, 0) is 42.8 Å². The Hall–Kier alpha value is -6.27. The molecule has 0 aliphatic carbocycles. The lowest BCUT2D eigenvalue weighted by atomic mass is 9.95. The molecule has 4 aromatic rings. The monoisotopic (exact) mass is 927 g/mol. The van der Waals surface area contributed by atoms with Gasteiger partial charge >= 0.3 is 0 Å². The fraction of sp³-hybridized carbons (Fsp3) is 0.392. The molecule has 0 spiro atoms. The van der Waals surface area contributed by atoms with Gasteiger partial charge in [-0.2, -0.15) is 0 Å². The van der Waals surface area contributed by atoms with Crippen LogP contribution in [0.2, 0.25) is 0 Å². The predicted molar refractivity (Wildman–Crippen MR) is 262 cm³/mol. The van der Waals surface area contributed by atoms with Gasteiger partial charge in [0.25, 0.3) is 5.91 Å². The minimum atomic E-state index is -0.517. The molecule has 3 aromatic carbocycles. The van der Waals surface area contributed by atoms with Gasteiger partial charge in [0.05, 0.1) is 102 Å². The molecule has 67 heavy (non-hydrogen) atoms. The number of hydrazine groups is 1. The SMILES string of the molecule is C=CC1=C(\C=C/C)N(C(=O)CC)Cc2ccccc2/C(N(N)CCOCCOCCOCCOCCOCCNC(=O)c2ccc(-c3cc(=O)c4ccc(O)c(O)c4o3)cc2)=C\1N.CC.CC. The molecule has 0 atom stereocenters. The number of hydrogen-bond donors (Lipinski definition) is 5. The van der Waals surface area contributed by atoms with Crippen LogP contribution in [0, 0.1) is 0 Å². The maximum atomic E-state index is 13.1. The van der Waals surface area contributed by atoms with E-state index in [1.54, 1.807) is 40.3 Å². The second-order valence-corrected chi connectivity index (χ2v) is 14.1. The number of nitrogens with one attached hydrogen (secondary N) is 1. The number of ether oxygens (including phenoxy) is 5. The first-order chi connectivity index (χ1) is 32.6. The summed E-state index contributed by atoms with van der Waals surface area (Å²) in [6, 6.07) is 18.1. The highest BCUT2D eigenvalue weighted by atomic mass is 16.6. The largest absolute Gasteiger partial charge is 0.504 e. The molecule has 16 nitrogen and oxygen atoms in total. The number of fused-ring (bicyclic) bond motifs is 2. The molecule has 0 radical (unpaired) electrons. The summed E-state index contributed by atoms with van der Waals surface area (Å²) in [6.45, 7) is 20.4. The van der Waals surface area contributed by atoms with Crippen LogP contribution in [0.1, 0.15) is 69.4 Å². The molecule has 0 bridgehead atoms. The number of amides is 2. The molecule has 0 unspecified atom stereocenters. The third kappa shape index (κ3) is 15.9. The molecule has 0 fully saturated rings. The Labute approximate surface area is 394 Å². The lowest BCUT2D eigenvalue weighted by Crippen LogP contribution is -2.37. The average molecular weight is 928 g/mol. The fourth-order valence-corrected chi connectivity index (χ4v) is 6.69. The topological polar surface area (TPSA) is 222 Å². The number of carbonyl (C=O) groups excluding carboxylic acids is 2. The number of rotatable bonds is 24. The lowest BCUT2D eigenvalue weighted by molar-refractivity contribution is -0.129. The average Bonchev–Trinajstić information content (AvgIpc) is 3.35. The number of phenolic OH excluding ortho intramolecular Hbond substituents is 2. The highest BCUT2D eigenvalue weighted by molar-refractivity contribution is 5.94. The molecule has 0 saturated heterocycles. The fourth-order valence-electron chi connectivity index (χ4n) is 6.69. The van der Waals surface area contributed by atoms with Crippen molar-refractivity contribution in [1.82, 2.24) is 15.2 Å². The Bertz CT molecular complexity index is 2340. The van der Waals surface area contributed by atoms with Crippen molar-refractivity contribution < 1.29 is 47.9 Å². The van der Waals surface area contributed by atoms with Crippen LogP contribution in [-0.2, 0) is 35.0 Å². The van der Waals surface area contributed by atoms with Gasteiger partial charge in [-0.25, -0.2) is 5.84 Å². The van der Waals surface area contributed by atoms with E-state index >= 15 is 0 Å². The van der Waals surface area contributed by atoms with E-state index in [1.165, 1.54) is 18.2 Å². The van der Waals surface area contributed by atoms with Crippen LogP contribution in [0.25, 0.3) is 28.0 Å². The van der Waals surface area contributed by atoms with Gasteiger partial charge in [0, 0.05) is 41.3 Å². The van der Waals surface area contributed by atoms with E-state index in [-0.39, 0.29) is 34.0 Å². The van der Waals surface area contributed by atoms with Crippen molar-refractivity contribution in [2.24, 2.45) is 11.6 Å². The first-order valence-corrected chi connectivity index (χ1v) is 22.8. The van der Waals surface area contributed by atoms with Crippen LogP contribution < -0.4 is 22.3 Å². The third-order valence-electron chi connectivity index (χ3n) is 9.91. The molecule has 16 heteroatoms. The molecule has 0 saturated carbocycles. The summed E-state index contributed by atoms with van der Waals surface area (Å²) in [4.78, 5) is 39.9. The molecule has 7 N–H and O–H groups in total. The van der Waals surface area contributed by atoms with Gasteiger partial charge in [0.1, 0.15) is 5.76 Å². The van der Waals surface area contributed by atoms with E-state index < -0.39 is 11.5 Å². The summed E-state index contributed by atoms with van der Waals surface area (Å²) >= 11 is 0. The number of phenols is 2. The van der Waals surface area contributed by atoms with Gasteiger partial charge in [-0.3, -0.25) is 14.4 Å². The van der Waals surface area contributed by atoms with E-state index in [1.807, 2.05) is 78.0 Å². The van der Waals surface area contributed by atoms with Gasteiger partial charge in [0.2, 0.25) is 11.7 Å². The molecule has 1 aliphatic heterocycles. The zero-order valence-corrected chi connectivity index (χ0v) is 39.8. The van der Waals surface area contributed by atoms with Crippen molar-refractivity contribution in [2.75, 3.05) is 79.2 Å². The number of benzene rings is 3. The van der Waals surface area contributed by atoms with Crippen LogP contribution in [0.3, 0.4) is 0 Å². The second kappa shape index (κ2) is 30.1. The van der Waals surface area contributed by atoms with Gasteiger partial charge in [-0.1, -0.05) is 89.7 Å². The Morgan fingerprint density at radius 2 is 1.43 bits per heavy atom. The molecule has 2 amide bonds. The Kier molecular flexibility index (Phi) is 24.7. The van der Waals surface area contributed by atoms with Crippen molar-refractivity contribution in [2.45, 2.75) is 54.5 Å². The lowest BCUT2D eigenvalue weighted by Gasteiger charge is -2.33. The van der Waals surface area contributed by atoms with E-state index in [2.05, 4.69) is 11.9 Å². The number of aromatic hydroxyl groups is 2. The number of nitrogens with zero attached hydrogens (tertiary/aromatic N) is 2. The van der Waals surface area contributed by atoms with E-state index in [0.29, 0.717) is 126 Å². The van der Waals surface area contributed by atoms with Gasteiger partial charge in [0.15, 0.2) is 16.8 Å². The van der Waals surface area contributed by atoms with Crippen molar-refractivity contribution in [3.05, 3.63) is 135 Å². The number of nitrogens with two attached hydrogens (primary N) is 2. The van der Waals surface area contributed by atoms with E-state index in [4.69, 9.17) is 39.7 Å². The standard InChI is InChI=1S/C47H57N5O11.2C2H6/c1-4-9-38-35(5-2)43(48)44(36-11-8-7-10-34(36)31-51(38)42(55)6-3)52(49)19-21-59-23-25-61-27-29-62-28-26-60-24-22-58-20-18-50-47(57)33-14-12-32(13-15-33)41-30-40(54)37-16-17-39(53)45(56)46(37)63-41;2*1-2/h4-5,7-17,30,53,56H,2,6,18-29,31,48-49H2,1,3H3,(H,50,57);2*1-2H3/b9-4-,38-35-,44-43-;;. The van der Waals surface area contributed by atoms with Crippen molar-refractivity contribution in [3.63, 3.8) is 0 Å². The predicted octanol–water partition coefficient (Wildman–Crippen LogP) is 7.01. The van der Waals surface area contributed by atoms with Crippen LogP contribution in [0.5, 0.6) is 11.5 Å². The number of carbonyl (C=O) groups is 2. The summed E-state index contributed by atoms with van der Waals surface area (Å²) in [5.74, 6) is 5.57. The summed E-state index contributed by atoms with van der Waals surface area (Å²) in [5.41, 5.74) is 11.3. The molecule has 1 aliphatic rings. The quantitative estimate of drug-likeness (QED) is 0.0207. The van der Waals surface area contributed by atoms with Crippen molar-refractivity contribution in [1.29, 1.82) is 0 Å². The van der Waals surface area contributed by atoms with Crippen LogP contribution in [-0.4, -0.2) is 111 Å². The minimum absolute atomic E-state index is 0.0257. The first-order valence-electron chi connectivity index (χ1n) is 22.8. The van der Waals surface area contributed by atoms with Crippen molar-refractivity contribution >= 4 is 28.5 Å². The number of allylic oxidation sites excluding steroid dienone is 3. The van der Waals surface area contributed by atoms with Crippen molar-refractivity contribution in [3.8, 4) is 22.8 Å². The Balaban J connectivity index is 0.00000289. The third-order valence-corrected chi connectivity index (χ3v) is 9.91. The molecular weight excluding hydrogens is 859 g/mol. The molecule has 5 rings (SSSR count). The highest BCUT2D eigenvalue weighted by Gasteiger charge is 2.27. The van der Waals surface area contributed by atoms with Crippen LogP contribution in [0.4, 0.5) is 0 Å². The molecule has 2 heterocycles. The Morgan fingerprint density at radius 3 is 2.01 bits per heavy atom. The highest BCUT2D eigenvalue weighted by Crippen LogP contribution is 2.35. The second-order valence-electron chi connectivity index (χ2n) is 14.1. The van der Waals surface area contributed by atoms with E-state index in [9.17, 15) is 24.6 Å². The summed E-state index contributed by atoms with van der Waals surface area (Å²) in [7, 11) is 0. The van der Waals surface area contributed by atoms with E-state index in [0.717, 1.165) is 11.1 Å². The number of hydrogen-bond acceptors (Lipinski definition) is 14. The maximum absolute atomic E-state index is 13.1. The normalized spacial score (nSPS) is 14.6. The smallest absolute Gasteiger partial charge is 0.251 e. The summed E-state index contributed by atoms with van der Waals surface area (Å²) in [5, 5.41) is 24.4. The molecule has 364 valence electrons. The zero-order chi connectivity index (χ0) is 49.1. The maximum Gasteiger partial charge on any atom is 0.251 e. The van der Waals surface area contributed by atoms with Gasteiger partial charge < -0.3 is 59.3 Å². The van der Waals surface area contributed by atoms with Crippen LogP contribution in [0.15, 0.2) is 118 Å². The van der Waals surface area contributed by atoms with Crippen LogP contribution >= 0.6 is 0 Å². The summed E-state index contributed by atoms with van der Waals surface area (Å²) in [6.07, 6.45) is 5.74. The minimum Gasteiger partial charge on any atom is -0.504 e. The zero-order valence-electron chi connectivity index (χ0n) is 39.8. The summed E-state index contributed by atoms with van der Waals surface area (Å²) < 4.78 is 33.8. The van der Waals surface area contributed by atoms with Gasteiger partial charge in [-0.15, -0.1) is 0 Å². The first kappa shape index (κ1) is 55.1. The molecule has 1 aromatic heterocycles.